The second-order valence-corrected chi connectivity index (χ2v) is 7.81. The molecule has 2 aliphatic rings. The van der Waals surface area contributed by atoms with Crippen molar-refractivity contribution in [3.8, 4) is 0 Å². The Kier molecular flexibility index (Phi) is 5.04. The Morgan fingerprint density at radius 1 is 1.30 bits per heavy atom. The fourth-order valence-corrected chi connectivity index (χ4v) is 3.29. The minimum absolute atomic E-state index is 0.0259. The van der Waals surface area contributed by atoms with Crippen LogP contribution in [0.2, 0.25) is 0 Å². The zero-order valence-electron chi connectivity index (χ0n) is 15.9. The number of fused-ring (bicyclic) bond motifs is 1. The van der Waals surface area contributed by atoms with Gasteiger partial charge in [-0.25, -0.2) is 0 Å². The maximum absolute atomic E-state index is 12.8. The fraction of sp³-hybridized carbons (Fsp3) is 0.500. The highest BCUT2D eigenvalue weighted by atomic mass is 16.2. The van der Waals surface area contributed by atoms with Crippen LogP contribution in [-0.4, -0.2) is 34.6 Å². The molecule has 0 radical (unpaired) electrons. The van der Waals surface area contributed by atoms with Crippen LogP contribution in [0.3, 0.4) is 0 Å². The lowest BCUT2D eigenvalue weighted by atomic mass is 9.89. The van der Waals surface area contributed by atoms with Crippen LogP contribution in [0.4, 0.5) is 0 Å². The lowest BCUT2D eigenvalue weighted by Gasteiger charge is -2.29. The van der Waals surface area contributed by atoms with Gasteiger partial charge in [0.05, 0.1) is 0 Å². The van der Waals surface area contributed by atoms with Crippen LogP contribution in [0.15, 0.2) is 18.2 Å². The number of rotatable bonds is 5. The molecule has 2 heterocycles. The smallest absolute Gasteiger partial charge is 0.255 e. The summed E-state index contributed by atoms with van der Waals surface area (Å²) in [5, 5.41) is 5.22. The summed E-state index contributed by atoms with van der Waals surface area (Å²) in [6.07, 6.45) is 1.32. The largest absolute Gasteiger partial charge is 0.352 e. The van der Waals surface area contributed by atoms with Crippen molar-refractivity contribution in [1.82, 2.24) is 15.5 Å². The summed E-state index contributed by atoms with van der Waals surface area (Å²) < 4.78 is 0. The van der Waals surface area contributed by atoms with Gasteiger partial charge in [0.15, 0.2) is 0 Å². The summed E-state index contributed by atoms with van der Waals surface area (Å²) in [6.45, 7) is 6.47. The number of hydrogen-bond donors (Lipinski definition) is 2. The molecule has 144 valence electrons. The molecule has 27 heavy (non-hydrogen) atoms. The van der Waals surface area contributed by atoms with Gasteiger partial charge < -0.3 is 10.2 Å². The number of nitrogens with zero attached hydrogens (tertiary/aromatic N) is 1. The van der Waals surface area contributed by atoms with E-state index in [0.29, 0.717) is 25.1 Å². The third-order valence-electron chi connectivity index (χ3n) is 5.54. The lowest BCUT2D eigenvalue weighted by molar-refractivity contribution is -0.137. The van der Waals surface area contributed by atoms with E-state index in [0.717, 1.165) is 17.5 Å². The maximum Gasteiger partial charge on any atom is 0.255 e. The molecule has 1 unspecified atom stereocenters. The van der Waals surface area contributed by atoms with E-state index in [1.165, 1.54) is 4.90 Å². The Hall–Kier alpha value is -2.70. The molecule has 4 amide bonds. The molecule has 1 atom stereocenters. The van der Waals surface area contributed by atoms with E-state index >= 15 is 0 Å². The Morgan fingerprint density at radius 3 is 2.70 bits per heavy atom. The molecule has 1 fully saturated rings. The van der Waals surface area contributed by atoms with Crippen molar-refractivity contribution in [3.63, 3.8) is 0 Å². The monoisotopic (exact) mass is 371 g/mol. The second-order valence-electron chi connectivity index (χ2n) is 7.81. The third kappa shape index (κ3) is 3.72. The summed E-state index contributed by atoms with van der Waals surface area (Å²) in [6, 6.07) is 4.92. The molecular weight excluding hydrogens is 346 g/mol. The van der Waals surface area contributed by atoms with Crippen LogP contribution >= 0.6 is 0 Å². The molecule has 7 nitrogen and oxygen atoms in total. The normalized spacial score (nSPS) is 19.7. The molecule has 0 aromatic heterocycles. The SMILES string of the molecule is CCC(C)(C)C(=O)NCc1ccc2c(c1)C(=O)N(C1CCC(=O)NC1=O)C2. The zero-order chi connectivity index (χ0) is 19.8. The summed E-state index contributed by atoms with van der Waals surface area (Å²) in [5.41, 5.74) is 1.82. The quantitative estimate of drug-likeness (QED) is 0.767. The van der Waals surface area contributed by atoms with Crippen molar-refractivity contribution in [2.45, 2.75) is 59.2 Å². The van der Waals surface area contributed by atoms with Crippen molar-refractivity contribution < 1.29 is 19.2 Å². The highest BCUT2D eigenvalue weighted by molar-refractivity contribution is 6.05. The van der Waals surface area contributed by atoms with Crippen molar-refractivity contribution in [2.24, 2.45) is 5.41 Å². The van der Waals surface area contributed by atoms with Crippen molar-refractivity contribution in [3.05, 3.63) is 34.9 Å². The first-order chi connectivity index (χ1) is 12.7. The van der Waals surface area contributed by atoms with Gasteiger partial charge in [0, 0.05) is 30.5 Å². The lowest BCUT2D eigenvalue weighted by Crippen LogP contribution is -2.52. The van der Waals surface area contributed by atoms with Gasteiger partial charge in [-0.2, -0.15) is 0 Å². The molecule has 0 saturated carbocycles. The third-order valence-corrected chi connectivity index (χ3v) is 5.54. The topological polar surface area (TPSA) is 95.6 Å². The van der Waals surface area contributed by atoms with Gasteiger partial charge in [0.2, 0.25) is 17.7 Å². The van der Waals surface area contributed by atoms with Crippen LogP contribution < -0.4 is 10.6 Å². The molecule has 0 bridgehead atoms. The van der Waals surface area contributed by atoms with Crippen LogP contribution in [-0.2, 0) is 27.5 Å². The number of benzene rings is 1. The first-order valence-electron chi connectivity index (χ1n) is 9.27. The minimum Gasteiger partial charge on any atom is -0.352 e. The number of hydrogen-bond acceptors (Lipinski definition) is 4. The number of carbonyl (C=O) groups is 4. The summed E-state index contributed by atoms with van der Waals surface area (Å²) in [4.78, 5) is 50.0. The number of piperidine rings is 1. The number of amides is 4. The van der Waals surface area contributed by atoms with Crippen molar-refractivity contribution in [2.75, 3.05) is 0 Å². The number of carbonyl (C=O) groups excluding carboxylic acids is 4. The summed E-state index contributed by atoms with van der Waals surface area (Å²) in [7, 11) is 0. The molecule has 1 aromatic rings. The van der Waals surface area contributed by atoms with E-state index in [2.05, 4.69) is 10.6 Å². The van der Waals surface area contributed by atoms with Gasteiger partial charge in [-0.15, -0.1) is 0 Å². The summed E-state index contributed by atoms with van der Waals surface area (Å²) in [5.74, 6) is -0.946. The Bertz CT molecular complexity index is 815. The van der Waals surface area contributed by atoms with E-state index in [1.807, 2.05) is 32.9 Å². The molecule has 2 aliphatic heterocycles. The van der Waals surface area contributed by atoms with Crippen molar-refractivity contribution >= 4 is 23.6 Å². The van der Waals surface area contributed by atoms with Crippen LogP contribution in [0.25, 0.3) is 0 Å². The van der Waals surface area contributed by atoms with E-state index < -0.39 is 17.4 Å². The Balaban J connectivity index is 1.70. The standard InChI is InChI=1S/C20H25N3O4/c1-4-20(2,3)19(27)21-10-12-5-6-13-11-23(18(26)14(13)9-12)15-7-8-16(24)22-17(15)25/h5-6,9,15H,4,7-8,10-11H2,1-3H3,(H,21,27)(H,22,24,25). The highest BCUT2D eigenvalue weighted by Gasteiger charge is 2.39. The van der Waals surface area contributed by atoms with Crippen LogP contribution in [0.1, 0.15) is 61.5 Å². The molecule has 0 spiro atoms. The van der Waals surface area contributed by atoms with Crippen LogP contribution in [0, 0.1) is 5.41 Å². The first-order valence-corrected chi connectivity index (χ1v) is 9.27. The molecular formula is C20H25N3O4. The van der Waals surface area contributed by atoms with Gasteiger partial charge in [-0.05, 0) is 30.0 Å². The van der Waals surface area contributed by atoms with E-state index in [-0.39, 0.29) is 24.1 Å². The average molecular weight is 371 g/mol. The summed E-state index contributed by atoms with van der Waals surface area (Å²) >= 11 is 0. The van der Waals surface area contributed by atoms with E-state index in [4.69, 9.17) is 0 Å². The number of nitrogens with one attached hydrogen (secondary N) is 2. The maximum atomic E-state index is 12.8. The van der Waals surface area contributed by atoms with E-state index in [9.17, 15) is 19.2 Å². The van der Waals surface area contributed by atoms with Gasteiger partial charge >= 0.3 is 0 Å². The zero-order valence-corrected chi connectivity index (χ0v) is 15.9. The molecule has 3 rings (SSSR count). The Morgan fingerprint density at radius 2 is 2.04 bits per heavy atom. The highest BCUT2D eigenvalue weighted by Crippen LogP contribution is 2.28. The predicted octanol–water partition coefficient (Wildman–Crippen LogP) is 1.50. The van der Waals surface area contributed by atoms with Crippen molar-refractivity contribution in [1.29, 1.82) is 0 Å². The minimum atomic E-state index is -0.615. The van der Waals surface area contributed by atoms with Gasteiger partial charge in [-0.3, -0.25) is 24.5 Å². The molecule has 7 heteroatoms. The molecule has 0 aliphatic carbocycles. The first kappa shape index (κ1) is 19.1. The van der Waals surface area contributed by atoms with Crippen LogP contribution in [0.5, 0.6) is 0 Å². The predicted molar refractivity (Wildman–Crippen MR) is 98.4 cm³/mol. The molecule has 1 aromatic carbocycles. The Labute approximate surface area is 158 Å². The average Bonchev–Trinajstić information content (AvgIpc) is 2.96. The molecule has 1 saturated heterocycles. The van der Waals surface area contributed by atoms with Gasteiger partial charge in [-0.1, -0.05) is 32.9 Å². The number of imide groups is 1. The van der Waals surface area contributed by atoms with E-state index in [1.54, 1.807) is 6.07 Å². The van der Waals surface area contributed by atoms with Gasteiger partial charge in [0.25, 0.3) is 5.91 Å². The van der Waals surface area contributed by atoms with Gasteiger partial charge in [0.1, 0.15) is 6.04 Å². The second kappa shape index (κ2) is 7.13. The molecule has 2 N–H and O–H groups in total. The fourth-order valence-electron chi connectivity index (χ4n) is 3.29.